The van der Waals surface area contributed by atoms with Gasteiger partial charge in [-0.2, -0.15) is 9.24 Å². The summed E-state index contributed by atoms with van der Waals surface area (Å²) in [6, 6.07) is 21.3. The topological polar surface area (TPSA) is 0 Å². The van der Waals surface area contributed by atoms with Crippen LogP contribution < -0.4 is 0 Å². The first-order valence-corrected chi connectivity index (χ1v) is 17.2. The Morgan fingerprint density at radius 1 is 0.875 bits per heavy atom. The Bertz CT molecular complexity index is 510. The van der Waals surface area contributed by atoms with Crippen molar-refractivity contribution in [1.29, 1.82) is 0 Å². The third kappa shape index (κ3) is 10.8. The summed E-state index contributed by atoms with van der Waals surface area (Å²) in [5, 5.41) is 0. The summed E-state index contributed by atoms with van der Waals surface area (Å²) < 4.78 is 0. The normalized spacial score (nSPS) is 12.1. The molecule has 0 bridgehead atoms. The summed E-state index contributed by atoms with van der Waals surface area (Å²) in [5.74, 6) is 3.18. The van der Waals surface area contributed by atoms with Crippen molar-refractivity contribution in [2.24, 2.45) is 0 Å². The molecule has 0 spiro atoms. The van der Waals surface area contributed by atoms with E-state index >= 15 is 0 Å². The van der Waals surface area contributed by atoms with Crippen LogP contribution >= 0.6 is 60.5 Å². The van der Waals surface area contributed by atoms with Gasteiger partial charge in [0.15, 0.2) is 0 Å². The Morgan fingerprint density at radius 2 is 1.25 bits per heavy atom. The van der Waals surface area contributed by atoms with E-state index in [1.807, 2.05) is 20.3 Å². The van der Waals surface area contributed by atoms with Crippen molar-refractivity contribution in [2.75, 3.05) is 5.75 Å². The van der Waals surface area contributed by atoms with Crippen LogP contribution in [0.15, 0.2) is 60.7 Å². The van der Waals surface area contributed by atoms with E-state index in [4.69, 9.17) is 30.9 Å². The minimum absolute atomic E-state index is 0.836. The molecule has 0 radical (unpaired) electrons. The molecule has 0 nitrogen and oxygen atoms in total. The molecule has 0 N–H and O–H groups in total. The summed E-state index contributed by atoms with van der Waals surface area (Å²) in [4.78, 5) is 0. The number of unbranched alkanes of at least 4 members (excludes halogenated alkanes) is 1. The molecule has 0 aromatic heterocycles. The first-order valence-electron chi connectivity index (χ1n) is 7.66. The molecular weight excluding hydrogens is 537 g/mol. The van der Waals surface area contributed by atoms with Gasteiger partial charge >= 0.3 is 49.4 Å². The van der Waals surface area contributed by atoms with Gasteiger partial charge in [-0.15, -0.1) is 0 Å². The van der Waals surface area contributed by atoms with Gasteiger partial charge in [-0.05, 0) is 23.3 Å². The van der Waals surface area contributed by atoms with E-state index < -0.39 is 18.1 Å². The second-order valence-electron chi connectivity index (χ2n) is 5.41. The molecule has 24 heavy (non-hydrogen) atoms. The monoisotopic (exact) mass is 559 g/mol. The van der Waals surface area contributed by atoms with E-state index in [0.717, 1.165) is 17.3 Å². The van der Waals surface area contributed by atoms with E-state index in [1.165, 1.54) is 24.0 Å². The van der Waals surface area contributed by atoms with E-state index in [1.54, 1.807) is 0 Å². The summed E-state index contributed by atoms with van der Waals surface area (Å²) in [6.07, 6.45) is 2.43. The van der Waals surface area contributed by atoms with Crippen molar-refractivity contribution in [3.8, 4) is 0 Å². The van der Waals surface area contributed by atoms with Gasteiger partial charge in [0.2, 0.25) is 0 Å². The van der Waals surface area contributed by atoms with Gasteiger partial charge < -0.3 is 0 Å². The minimum atomic E-state index is -1.14. The molecule has 137 valence electrons. The van der Waals surface area contributed by atoms with Gasteiger partial charge in [-0.25, -0.2) is 0 Å². The van der Waals surface area contributed by atoms with Crippen molar-refractivity contribution in [3.63, 3.8) is 0 Å². The van der Waals surface area contributed by atoms with Crippen LogP contribution in [0.25, 0.3) is 0 Å². The van der Waals surface area contributed by atoms with Crippen LogP contribution in [0.4, 0.5) is 0 Å². The molecule has 0 aliphatic rings. The van der Waals surface area contributed by atoms with Crippen LogP contribution in [0.5, 0.6) is 0 Å². The standard InChI is InChI=1S/C18H23ClS.2ClH.Fe.HI/c1-2-3-14-20(19,15-17-10-6-4-7-11-17)16-18-12-8-5-9-13-18;;;;/h4-13H,2-3,14-16H2,1H3;2*1H;;1H/q;;;+3;/p-3. The van der Waals surface area contributed by atoms with Crippen LogP contribution in [-0.4, -0.2) is 5.75 Å². The number of halogens is 4. The van der Waals surface area contributed by atoms with E-state index in [2.05, 4.69) is 67.6 Å². The molecule has 2 aromatic rings. The average molecular weight is 561 g/mol. The summed E-state index contributed by atoms with van der Waals surface area (Å²) in [6.45, 7) is 2.24. The molecule has 0 aliphatic carbocycles. The van der Waals surface area contributed by atoms with Crippen molar-refractivity contribution in [1.82, 2.24) is 0 Å². The molecule has 0 heterocycles. The van der Waals surface area contributed by atoms with Crippen LogP contribution in [0, 0.1) is 0 Å². The number of hydrogen-bond acceptors (Lipinski definition) is 0. The van der Waals surface area contributed by atoms with Gasteiger partial charge in [0.25, 0.3) is 0 Å². The Balaban J connectivity index is 0.000000648. The number of rotatable bonds is 7. The molecule has 0 aliphatic heterocycles. The Kier molecular flexibility index (Phi) is 12.6. The quantitative estimate of drug-likeness (QED) is 0.236. The van der Waals surface area contributed by atoms with Crippen LogP contribution in [0.3, 0.4) is 0 Å². The van der Waals surface area contributed by atoms with Crippen LogP contribution in [0.1, 0.15) is 30.9 Å². The van der Waals surface area contributed by atoms with Gasteiger partial charge in [0, 0.05) is 11.5 Å². The van der Waals surface area contributed by atoms with Gasteiger partial charge in [0.1, 0.15) is 0 Å². The van der Waals surface area contributed by atoms with Gasteiger partial charge in [-0.1, -0.05) is 84.7 Å². The van der Waals surface area contributed by atoms with Gasteiger partial charge in [0.05, 0.1) is 0 Å². The fraction of sp³-hybridized carbons (Fsp3) is 0.333. The number of hydrogen-bond donors (Lipinski definition) is 0. The molecule has 0 atom stereocenters. The van der Waals surface area contributed by atoms with Crippen molar-refractivity contribution >= 4 is 60.5 Å². The summed E-state index contributed by atoms with van der Waals surface area (Å²) in [5.41, 5.74) is 2.73. The first-order chi connectivity index (χ1) is 11.4. The second kappa shape index (κ2) is 13.1. The van der Waals surface area contributed by atoms with Gasteiger partial charge in [-0.3, -0.25) is 0 Å². The molecule has 2 aromatic carbocycles. The van der Waals surface area contributed by atoms with Crippen molar-refractivity contribution in [2.45, 2.75) is 31.3 Å². The summed E-state index contributed by atoms with van der Waals surface area (Å²) >= 11 is 1.96. The van der Waals surface area contributed by atoms with Crippen molar-refractivity contribution in [3.05, 3.63) is 71.8 Å². The van der Waals surface area contributed by atoms with E-state index in [9.17, 15) is 0 Å². The third-order valence-electron chi connectivity index (χ3n) is 3.40. The fourth-order valence-electron chi connectivity index (χ4n) is 2.34. The average Bonchev–Trinajstić information content (AvgIpc) is 2.54. The maximum absolute atomic E-state index is 7.07. The third-order valence-corrected chi connectivity index (χ3v) is 7.24. The zero-order valence-corrected chi connectivity index (χ0v) is 19.9. The summed E-state index contributed by atoms with van der Waals surface area (Å²) in [7, 11) is 15.3. The molecule has 0 fully saturated rings. The van der Waals surface area contributed by atoms with Crippen LogP contribution in [0.2, 0.25) is 0 Å². The van der Waals surface area contributed by atoms with Crippen LogP contribution in [-0.2, 0) is 20.3 Å². The number of benzene rings is 2. The molecule has 0 saturated heterocycles. The first kappa shape index (κ1) is 22.9. The molecule has 0 saturated carbocycles. The van der Waals surface area contributed by atoms with E-state index in [-0.39, 0.29) is 0 Å². The van der Waals surface area contributed by atoms with E-state index in [0.29, 0.717) is 0 Å². The van der Waals surface area contributed by atoms with Crippen molar-refractivity contribution < 1.29 is 8.83 Å². The second-order valence-corrected chi connectivity index (χ2v) is 20.3. The maximum atomic E-state index is 7.07. The Hall–Kier alpha value is 0.909. The zero-order valence-electron chi connectivity index (χ0n) is 13.6. The molecule has 0 unspecified atom stereocenters. The zero-order chi connectivity index (χ0) is 17.8. The Morgan fingerprint density at radius 3 is 1.58 bits per heavy atom. The predicted octanol–water partition coefficient (Wildman–Crippen LogP) is 8.41. The molecule has 0 amide bonds. The molecule has 2 rings (SSSR count). The fourth-order valence-corrected chi connectivity index (χ4v) is 6.20. The molecule has 6 heteroatoms. The Labute approximate surface area is 176 Å². The SMILES string of the molecule is CCCCS(Cl)(Cc1ccccc1)Cc1ccccc1.[Cl][Fe]([Cl])[I]. The predicted molar refractivity (Wildman–Crippen MR) is 119 cm³/mol. The molecular formula is C18H23Cl3FeIS.